The third-order valence-electron chi connectivity index (χ3n) is 3.92. The Hall–Kier alpha value is -1.22. The van der Waals surface area contributed by atoms with Gasteiger partial charge in [-0.2, -0.15) is 0 Å². The molecule has 0 radical (unpaired) electrons. The minimum Gasteiger partial charge on any atom is -0.497 e. The van der Waals surface area contributed by atoms with E-state index in [1.807, 2.05) is 24.3 Å². The summed E-state index contributed by atoms with van der Waals surface area (Å²) in [6, 6.07) is 7.60. The second-order valence-corrected chi connectivity index (χ2v) is 5.28. The van der Waals surface area contributed by atoms with E-state index in [4.69, 9.17) is 9.47 Å². The van der Waals surface area contributed by atoms with Crippen molar-refractivity contribution < 1.29 is 14.6 Å². The molecular weight excluding hydrogens is 240 g/mol. The fraction of sp³-hybridized carbons (Fsp3) is 0.625. The lowest BCUT2D eigenvalue weighted by atomic mass is 9.97. The lowest BCUT2D eigenvalue weighted by Gasteiger charge is -2.17. The summed E-state index contributed by atoms with van der Waals surface area (Å²) in [4.78, 5) is 0. The second kappa shape index (κ2) is 7.39. The summed E-state index contributed by atoms with van der Waals surface area (Å²) in [6.07, 6.45) is 6.57. The van der Waals surface area contributed by atoms with Crippen LogP contribution in [-0.4, -0.2) is 24.9 Å². The first-order valence-corrected chi connectivity index (χ1v) is 7.24. The molecule has 0 aliphatic heterocycles. The van der Waals surface area contributed by atoms with Crippen molar-refractivity contribution in [3.8, 4) is 11.5 Å². The van der Waals surface area contributed by atoms with Crippen molar-refractivity contribution in [2.45, 2.75) is 44.6 Å². The molecule has 0 aromatic heterocycles. The molecule has 1 aliphatic carbocycles. The molecule has 0 bridgehead atoms. The number of hydrogen-bond acceptors (Lipinski definition) is 3. The number of aliphatic hydroxyl groups is 1. The summed E-state index contributed by atoms with van der Waals surface area (Å²) in [6.45, 7) is 0.663. The molecule has 1 aliphatic rings. The number of ether oxygens (including phenoxy) is 2. The van der Waals surface area contributed by atoms with Crippen molar-refractivity contribution >= 4 is 0 Å². The first-order valence-electron chi connectivity index (χ1n) is 7.24. The highest BCUT2D eigenvalue weighted by atomic mass is 16.5. The van der Waals surface area contributed by atoms with Gasteiger partial charge in [-0.3, -0.25) is 0 Å². The van der Waals surface area contributed by atoms with Crippen LogP contribution in [0.15, 0.2) is 24.3 Å². The smallest absolute Gasteiger partial charge is 0.119 e. The second-order valence-electron chi connectivity index (χ2n) is 5.28. The van der Waals surface area contributed by atoms with E-state index in [1.165, 1.54) is 25.7 Å². The minimum atomic E-state index is -0.137. The zero-order valence-electron chi connectivity index (χ0n) is 11.7. The third-order valence-corrected chi connectivity index (χ3v) is 3.92. The van der Waals surface area contributed by atoms with Crippen LogP contribution in [0.3, 0.4) is 0 Å². The van der Waals surface area contributed by atoms with Gasteiger partial charge in [0, 0.05) is 0 Å². The molecule has 1 aromatic carbocycles. The van der Waals surface area contributed by atoms with Crippen molar-refractivity contribution in [3.05, 3.63) is 24.3 Å². The van der Waals surface area contributed by atoms with Crippen LogP contribution in [0.4, 0.5) is 0 Å². The topological polar surface area (TPSA) is 38.7 Å². The maximum absolute atomic E-state index is 10.0. The van der Waals surface area contributed by atoms with Crippen LogP contribution >= 0.6 is 0 Å². The predicted molar refractivity (Wildman–Crippen MR) is 75.7 cm³/mol. The fourth-order valence-corrected chi connectivity index (χ4v) is 2.73. The van der Waals surface area contributed by atoms with Gasteiger partial charge in [0.2, 0.25) is 0 Å². The average molecular weight is 264 g/mol. The van der Waals surface area contributed by atoms with Crippen molar-refractivity contribution in [1.82, 2.24) is 0 Å². The molecule has 1 aromatic rings. The molecule has 0 saturated heterocycles. The number of rotatable bonds is 7. The fourth-order valence-electron chi connectivity index (χ4n) is 2.73. The van der Waals surface area contributed by atoms with E-state index in [9.17, 15) is 5.11 Å². The van der Waals surface area contributed by atoms with E-state index in [0.717, 1.165) is 24.3 Å². The van der Waals surface area contributed by atoms with Gasteiger partial charge in [-0.15, -0.1) is 0 Å². The molecule has 3 heteroatoms. The van der Waals surface area contributed by atoms with Gasteiger partial charge >= 0.3 is 0 Å². The predicted octanol–water partition coefficient (Wildman–Crippen LogP) is 3.41. The van der Waals surface area contributed by atoms with E-state index in [0.29, 0.717) is 12.5 Å². The average Bonchev–Trinajstić information content (AvgIpc) is 2.98. The molecule has 1 N–H and O–H groups in total. The molecule has 19 heavy (non-hydrogen) atoms. The normalized spacial score (nSPS) is 17.4. The molecule has 1 fully saturated rings. The lowest BCUT2D eigenvalue weighted by molar-refractivity contribution is 0.0946. The molecule has 3 nitrogen and oxygen atoms in total. The summed E-state index contributed by atoms with van der Waals surface area (Å²) in [7, 11) is 1.65. The van der Waals surface area contributed by atoms with Gasteiger partial charge in [0.25, 0.3) is 0 Å². The van der Waals surface area contributed by atoms with Crippen LogP contribution in [0.1, 0.15) is 38.5 Å². The zero-order chi connectivity index (χ0) is 13.5. The summed E-state index contributed by atoms with van der Waals surface area (Å²) in [5.41, 5.74) is 0. The molecule has 1 saturated carbocycles. The third kappa shape index (κ3) is 4.43. The van der Waals surface area contributed by atoms with Gasteiger partial charge in [-0.05, 0) is 55.9 Å². The highest BCUT2D eigenvalue weighted by Crippen LogP contribution is 2.29. The SMILES string of the molecule is COc1ccc(OCCCC(O)C2CCCC2)cc1. The molecule has 2 rings (SSSR count). The van der Waals surface area contributed by atoms with E-state index < -0.39 is 0 Å². The van der Waals surface area contributed by atoms with Crippen LogP contribution < -0.4 is 9.47 Å². The highest BCUT2D eigenvalue weighted by molar-refractivity contribution is 5.31. The van der Waals surface area contributed by atoms with Crippen LogP contribution in [0.25, 0.3) is 0 Å². The van der Waals surface area contributed by atoms with Gasteiger partial charge in [0.05, 0.1) is 19.8 Å². The lowest BCUT2D eigenvalue weighted by Crippen LogP contribution is -2.18. The van der Waals surface area contributed by atoms with Crippen molar-refractivity contribution in [2.75, 3.05) is 13.7 Å². The number of aliphatic hydroxyl groups excluding tert-OH is 1. The Labute approximate surface area is 115 Å². The van der Waals surface area contributed by atoms with Crippen molar-refractivity contribution in [1.29, 1.82) is 0 Å². The Balaban J connectivity index is 1.62. The first kappa shape index (κ1) is 14.2. The highest BCUT2D eigenvalue weighted by Gasteiger charge is 2.22. The summed E-state index contributed by atoms with van der Waals surface area (Å²) >= 11 is 0. The van der Waals surface area contributed by atoms with Crippen LogP contribution in [0.2, 0.25) is 0 Å². The van der Waals surface area contributed by atoms with Gasteiger partial charge in [-0.25, -0.2) is 0 Å². The van der Waals surface area contributed by atoms with Crippen molar-refractivity contribution in [2.24, 2.45) is 5.92 Å². The maximum Gasteiger partial charge on any atom is 0.119 e. The van der Waals surface area contributed by atoms with Gasteiger partial charge in [-0.1, -0.05) is 12.8 Å². The molecule has 0 spiro atoms. The zero-order valence-corrected chi connectivity index (χ0v) is 11.7. The minimum absolute atomic E-state index is 0.137. The van der Waals surface area contributed by atoms with E-state index >= 15 is 0 Å². The van der Waals surface area contributed by atoms with E-state index in [-0.39, 0.29) is 6.10 Å². The summed E-state index contributed by atoms with van der Waals surface area (Å²) in [5.74, 6) is 2.22. The molecule has 1 unspecified atom stereocenters. The summed E-state index contributed by atoms with van der Waals surface area (Å²) in [5, 5.41) is 10.0. The molecule has 0 amide bonds. The van der Waals surface area contributed by atoms with Gasteiger partial charge in [0.15, 0.2) is 0 Å². The Bertz CT molecular complexity index is 355. The molecular formula is C16H24O3. The van der Waals surface area contributed by atoms with Crippen molar-refractivity contribution in [3.63, 3.8) is 0 Å². The molecule has 1 atom stereocenters. The summed E-state index contributed by atoms with van der Waals surface area (Å²) < 4.78 is 10.7. The Kier molecular flexibility index (Phi) is 5.52. The van der Waals surface area contributed by atoms with E-state index in [2.05, 4.69) is 0 Å². The molecule has 106 valence electrons. The Morgan fingerprint density at radius 1 is 1.16 bits per heavy atom. The quantitative estimate of drug-likeness (QED) is 0.767. The largest absolute Gasteiger partial charge is 0.497 e. The number of benzene rings is 1. The Morgan fingerprint density at radius 2 is 1.79 bits per heavy atom. The maximum atomic E-state index is 10.0. The number of methoxy groups -OCH3 is 1. The number of hydrogen-bond donors (Lipinski definition) is 1. The van der Waals surface area contributed by atoms with Crippen LogP contribution in [-0.2, 0) is 0 Å². The molecule has 0 heterocycles. The van der Waals surface area contributed by atoms with E-state index in [1.54, 1.807) is 7.11 Å². The monoisotopic (exact) mass is 264 g/mol. The Morgan fingerprint density at radius 3 is 2.42 bits per heavy atom. The standard InChI is InChI=1S/C16H24O3/c1-18-14-8-10-15(11-9-14)19-12-4-7-16(17)13-5-2-3-6-13/h8-11,13,16-17H,2-7,12H2,1H3. The van der Waals surface area contributed by atoms with Crippen LogP contribution in [0, 0.1) is 5.92 Å². The first-order chi connectivity index (χ1) is 9.29. The van der Waals surface area contributed by atoms with Gasteiger partial charge < -0.3 is 14.6 Å². The van der Waals surface area contributed by atoms with Crippen LogP contribution in [0.5, 0.6) is 11.5 Å². The van der Waals surface area contributed by atoms with Gasteiger partial charge in [0.1, 0.15) is 11.5 Å².